The Labute approximate surface area is 97.3 Å². The van der Waals surface area contributed by atoms with E-state index in [2.05, 4.69) is 5.10 Å². The van der Waals surface area contributed by atoms with Crippen LogP contribution in [0.1, 0.15) is 5.56 Å². The van der Waals surface area contributed by atoms with E-state index >= 15 is 0 Å². The van der Waals surface area contributed by atoms with Gasteiger partial charge in [-0.3, -0.25) is 14.4 Å². The van der Waals surface area contributed by atoms with Gasteiger partial charge in [0.05, 0.1) is 10.6 Å². The van der Waals surface area contributed by atoms with Crippen LogP contribution in [-0.2, 0) is 10.1 Å². The highest BCUT2D eigenvalue weighted by molar-refractivity contribution is 7.85. The fourth-order valence-electron chi connectivity index (χ4n) is 1.59. The van der Waals surface area contributed by atoms with Crippen LogP contribution in [0.5, 0.6) is 0 Å². The molecule has 2 aromatic rings. The minimum absolute atomic E-state index is 0.166. The molecular weight excluding hydrogens is 244 g/mol. The third-order valence-electron chi connectivity index (χ3n) is 2.34. The molecule has 0 aliphatic carbocycles. The fourth-order valence-corrected chi connectivity index (χ4v) is 2.29. The highest BCUT2D eigenvalue weighted by Gasteiger charge is 2.13. The van der Waals surface area contributed by atoms with Gasteiger partial charge in [0.2, 0.25) is 0 Å². The number of H-pyrrole nitrogens is 1. The predicted molar refractivity (Wildman–Crippen MR) is 60.9 cm³/mol. The molecular formula is C10H10N2O4S. The van der Waals surface area contributed by atoms with E-state index < -0.39 is 10.1 Å². The fraction of sp³-hybridized carbons (Fsp3) is 0.100. The molecule has 1 aromatic carbocycles. The molecule has 0 saturated heterocycles. The lowest BCUT2D eigenvalue weighted by atomic mass is 10.2. The molecule has 0 aliphatic rings. The summed E-state index contributed by atoms with van der Waals surface area (Å²) in [4.78, 5) is 11.2. The Morgan fingerprint density at radius 3 is 2.47 bits per heavy atom. The second-order valence-electron chi connectivity index (χ2n) is 3.56. The van der Waals surface area contributed by atoms with Crippen LogP contribution in [0.25, 0.3) is 5.69 Å². The number of rotatable bonds is 2. The number of hydrogen-bond donors (Lipinski definition) is 2. The molecule has 1 heterocycles. The maximum Gasteiger partial charge on any atom is 0.294 e. The van der Waals surface area contributed by atoms with Crippen LogP contribution >= 0.6 is 0 Å². The average molecular weight is 254 g/mol. The van der Waals surface area contributed by atoms with Crippen LogP contribution in [0.4, 0.5) is 0 Å². The molecule has 0 amide bonds. The van der Waals surface area contributed by atoms with Gasteiger partial charge >= 0.3 is 0 Å². The number of nitrogens with zero attached hydrogens (tertiary/aromatic N) is 1. The van der Waals surface area contributed by atoms with Crippen molar-refractivity contribution in [3.8, 4) is 5.69 Å². The predicted octanol–water partition coefficient (Wildman–Crippen LogP) is 0.721. The van der Waals surface area contributed by atoms with Gasteiger partial charge in [-0.25, -0.2) is 4.68 Å². The molecule has 2 N–H and O–H groups in total. The van der Waals surface area contributed by atoms with Crippen LogP contribution in [0.2, 0.25) is 0 Å². The standard InChI is InChI=1S/C10H10N2O4S/c1-7-6-8(12-10(13)4-5-11-12)2-3-9(7)17(14,15)16/h2-6,11H,1H3,(H,14,15,16). The summed E-state index contributed by atoms with van der Waals surface area (Å²) in [6, 6.07) is 5.55. The zero-order chi connectivity index (χ0) is 12.6. The number of nitrogens with one attached hydrogen (secondary N) is 1. The summed E-state index contributed by atoms with van der Waals surface area (Å²) in [5, 5.41) is 2.70. The summed E-state index contributed by atoms with van der Waals surface area (Å²) in [7, 11) is -4.23. The van der Waals surface area contributed by atoms with Crippen molar-refractivity contribution in [2.45, 2.75) is 11.8 Å². The second kappa shape index (κ2) is 3.86. The van der Waals surface area contributed by atoms with E-state index in [9.17, 15) is 13.2 Å². The zero-order valence-corrected chi connectivity index (χ0v) is 9.73. The number of benzene rings is 1. The second-order valence-corrected chi connectivity index (χ2v) is 4.95. The monoisotopic (exact) mass is 254 g/mol. The van der Waals surface area contributed by atoms with Crippen molar-refractivity contribution in [2.24, 2.45) is 0 Å². The molecule has 0 aliphatic heterocycles. The number of aromatic nitrogens is 2. The molecule has 90 valence electrons. The van der Waals surface area contributed by atoms with Crippen molar-refractivity contribution in [1.29, 1.82) is 0 Å². The van der Waals surface area contributed by atoms with Crippen LogP contribution < -0.4 is 5.56 Å². The van der Waals surface area contributed by atoms with E-state index in [-0.39, 0.29) is 10.5 Å². The molecule has 0 saturated carbocycles. The Morgan fingerprint density at radius 2 is 2.00 bits per heavy atom. The van der Waals surface area contributed by atoms with Gasteiger partial charge in [0.15, 0.2) is 0 Å². The molecule has 0 radical (unpaired) electrons. The maximum absolute atomic E-state index is 11.4. The summed E-state index contributed by atoms with van der Waals surface area (Å²) >= 11 is 0. The Bertz CT molecular complexity index is 712. The lowest BCUT2D eigenvalue weighted by Gasteiger charge is -2.06. The van der Waals surface area contributed by atoms with Gasteiger partial charge in [0.25, 0.3) is 15.7 Å². The zero-order valence-electron chi connectivity index (χ0n) is 8.91. The average Bonchev–Trinajstić information content (AvgIpc) is 2.62. The highest BCUT2D eigenvalue weighted by Crippen LogP contribution is 2.17. The Hall–Kier alpha value is -1.86. The molecule has 1 aromatic heterocycles. The molecule has 2 rings (SSSR count). The van der Waals surface area contributed by atoms with Crippen molar-refractivity contribution in [3.63, 3.8) is 0 Å². The summed E-state index contributed by atoms with van der Waals surface area (Å²) in [5.74, 6) is 0. The van der Waals surface area contributed by atoms with Gasteiger partial charge in [-0.15, -0.1) is 0 Å². The van der Waals surface area contributed by atoms with E-state index in [0.717, 1.165) is 0 Å². The van der Waals surface area contributed by atoms with E-state index in [1.54, 1.807) is 6.92 Å². The molecule has 0 unspecified atom stereocenters. The topological polar surface area (TPSA) is 92.2 Å². The number of hydrogen-bond acceptors (Lipinski definition) is 3. The Morgan fingerprint density at radius 1 is 1.29 bits per heavy atom. The first-order chi connectivity index (χ1) is 7.89. The van der Waals surface area contributed by atoms with Gasteiger partial charge in [-0.05, 0) is 30.7 Å². The van der Waals surface area contributed by atoms with Crippen molar-refractivity contribution >= 4 is 10.1 Å². The normalized spacial score (nSPS) is 11.6. The molecule has 0 bridgehead atoms. The summed E-state index contributed by atoms with van der Waals surface area (Å²) in [5.41, 5.74) is 0.625. The number of aromatic amines is 1. The largest absolute Gasteiger partial charge is 0.298 e. The maximum atomic E-state index is 11.4. The molecule has 6 nitrogen and oxygen atoms in total. The molecule has 0 spiro atoms. The van der Waals surface area contributed by atoms with Crippen molar-refractivity contribution < 1.29 is 13.0 Å². The minimum Gasteiger partial charge on any atom is -0.298 e. The SMILES string of the molecule is Cc1cc(-n2[nH]ccc2=O)ccc1S(=O)(=O)O. The highest BCUT2D eigenvalue weighted by atomic mass is 32.2. The van der Waals surface area contributed by atoms with Gasteiger partial charge < -0.3 is 0 Å². The van der Waals surface area contributed by atoms with Gasteiger partial charge in [0.1, 0.15) is 0 Å². The first-order valence-electron chi connectivity index (χ1n) is 4.74. The third kappa shape index (κ3) is 2.15. The first kappa shape index (κ1) is 11.6. The summed E-state index contributed by atoms with van der Waals surface area (Å²) in [6.07, 6.45) is 1.48. The quantitative estimate of drug-likeness (QED) is 0.772. The third-order valence-corrected chi connectivity index (χ3v) is 3.36. The summed E-state index contributed by atoms with van der Waals surface area (Å²) < 4.78 is 32.2. The van der Waals surface area contributed by atoms with Crippen molar-refractivity contribution in [1.82, 2.24) is 9.78 Å². The van der Waals surface area contributed by atoms with Crippen LogP contribution in [-0.4, -0.2) is 22.8 Å². The first-order valence-corrected chi connectivity index (χ1v) is 6.18. The minimum atomic E-state index is -4.23. The lowest BCUT2D eigenvalue weighted by Crippen LogP contribution is -2.14. The lowest BCUT2D eigenvalue weighted by molar-refractivity contribution is 0.482. The smallest absolute Gasteiger partial charge is 0.294 e. The van der Waals surface area contributed by atoms with E-state index in [1.807, 2.05) is 0 Å². The van der Waals surface area contributed by atoms with Gasteiger partial charge in [-0.1, -0.05) is 0 Å². The molecule has 7 heteroatoms. The Kier molecular flexibility index (Phi) is 2.64. The van der Waals surface area contributed by atoms with Crippen LogP contribution in [0.3, 0.4) is 0 Å². The molecule has 0 atom stereocenters. The molecule has 17 heavy (non-hydrogen) atoms. The van der Waals surface area contributed by atoms with Gasteiger partial charge in [-0.2, -0.15) is 8.42 Å². The summed E-state index contributed by atoms with van der Waals surface area (Å²) in [6.45, 7) is 1.54. The van der Waals surface area contributed by atoms with Crippen molar-refractivity contribution in [3.05, 3.63) is 46.4 Å². The number of aryl methyl sites for hydroxylation is 1. The van der Waals surface area contributed by atoms with Crippen molar-refractivity contribution in [2.75, 3.05) is 0 Å². The van der Waals surface area contributed by atoms with Crippen LogP contribution in [0.15, 0.2) is 40.2 Å². The van der Waals surface area contributed by atoms with E-state index in [0.29, 0.717) is 11.3 Å². The van der Waals surface area contributed by atoms with Gasteiger partial charge in [0, 0.05) is 12.3 Å². The van der Waals surface area contributed by atoms with E-state index in [4.69, 9.17) is 4.55 Å². The molecule has 0 fully saturated rings. The Balaban J connectivity index is 2.60. The van der Waals surface area contributed by atoms with Crippen LogP contribution in [0, 0.1) is 6.92 Å². The van der Waals surface area contributed by atoms with E-state index in [1.165, 1.54) is 35.1 Å².